The van der Waals surface area contributed by atoms with Gasteiger partial charge in [0, 0.05) is 5.92 Å². The predicted octanol–water partition coefficient (Wildman–Crippen LogP) is 3.53. The average molecular weight is 424 g/mol. The van der Waals surface area contributed by atoms with Crippen LogP contribution in [-0.2, 0) is 14.3 Å². The fourth-order valence-electron chi connectivity index (χ4n) is 3.87. The van der Waals surface area contributed by atoms with E-state index in [1.54, 1.807) is 0 Å². The molecule has 0 aliphatic heterocycles. The highest BCUT2D eigenvalue weighted by atomic mass is 16.5. The smallest absolute Gasteiger partial charge is 0.407 e. The van der Waals surface area contributed by atoms with Crippen LogP contribution in [0.4, 0.5) is 4.79 Å². The number of benzene rings is 2. The number of aliphatic carboxylic acids is 1. The second kappa shape index (κ2) is 9.64. The molecule has 0 radical (unpaired) electrons. The van der Waals surface area contributed by atoms with E-state index in [1.807, 2.05) is 50.2 Å². The summed E-state index contributed by atoms with van der Waals surface area (Å²) in [6.45, 7) is 5.38. The highest BCUT2D eigenvalue weighted by Crippen LogP contribution is 2.44. The number of ether oxygens (including phenoxy) is 1. The van der Waals surface area contributed by atoms with Crippen molar-refractivity contribution >= 4 is 18.0 Å². The minimum atomic E-state index is -1.10. The van der Waals surface area contributed by atoms with Crippen LogP contribution in [0.2, 0.25) is 0 Å². The number of amides is 2. The summed E-state index contributed by atoms with van der Waals surface area (Å²) in [5.74, 6) is -1.64. The number of carboxylic acid groups (broad SMARTS) is 1. The Labute approximate surface area is 181 Å². The van der Waals surface area contributed by atoms with Crippen LogP contribution in [0.15, 0.2) is 48.5 Å². The molecule has 31 heavy (non-hydrogen) atoms. The number of nitrogens with one attached hydrogen (secondary N) is 2. The molecule has 0 bridgehead atoms. The largest absolute Gasteiger partial charge is 0.480 e. The van der Waals surface area contributed by atoms with Gasteiger partial charge >= 0.3 is 12.1 Å². The maximum absolute atomic E-state index is 12.3. The molecule has 0 saturated carbocycles. The molecule has 0 aromatic heterocycles. The van der Waals surface area contributed by atoms with Crippen LogP contribution >= 0.6 is 0 Å². The first kappa shape index (κ1) is 22.3. The van der Waals surface area contributed by atoms with Crippen LogP contribution in [0, 0.1) is 5.92 Å². The van der Waals surface area contributed by atoms with Crippen molar-refractivity contribution in [1.82, 2.24) is 10.6 Å². The summed E-state index contributed by atoms with van der Waals surface area (Å²) in [7, 11) is 0. The Balaban J connectivity index is 1.58. The lowest BCUT2D eigenvalue weighted by Crippen LogP contribution is -2.50. The van der Waals surface area contributed by atoms with Crippen LogP contribution in [-0.4, -0.2) is 41.8 Å². The van der Waals surface area contributed by atoms with Gasteiger partial charge in [-0.1, -0.05) is 62.4 Å². The highest BCUT2D eigenvalue weighted by Gasteiger charge is 2.30. The van der Waals surface area contributed by atoms with Crippen molar-refractivity contribution in [1.29, 1.82) is 0 Å². The summed E-state index contributed by atoms with van der Waals surface area (Å²) in [6, 6.07) is 14.1. The van der Waals surface area contributed by atoms with Crippen LogP contribution < -0.4 is 10.6 Å². The number of fused-ring (bicyclic) bond motifs is 3. The van der Waals surface area contributed by atoms with Crippen LogP contribution in [0.25, 0.3) is 11.1 Å². The van der Waals surface area contributed by atoms with Crippen LogP contribution in [0.1, 0.15) is 44.2 Å². The first-order valence-electron chi connectivity index (χ1n) is 10.4. The molecule has 2 aromatic carbocycles. The number of carbonyl (C=O) groups excluding carboxylic acids is 2. The van der Waals surface area contributed by atoms with Crippen molar-refractivity contribution in [3.05, 3.63) is 59.7 Å². The minimum absolute atomic E-state index is 0.0790. The summed E-state index contributed by atoms with van der Waals surface area (Å²) in [5.41, 5.74) is 4.45. The Hall–Kier alpha value is -3.35. The van der Waals surface area contributed by atoms with Crippen molar-refractivity contribution in [2.75, 3.05) is 6.61 Å². The molecular formula is C24H28N2O5. The quantitative estimate of drug-likeness (QED) is 0.601. The molecule has 7 heteroatoms. The minimum Gasteiger partial charge on any atom is -0.480 e. The molecule has 0 saturated heterocycles. The Kier molecular flexibility index (Phi) is 6.95. The molecule has 2 atom stereocenters. The molecule has 7 nitrogen and oxygen atoms in total. The van der Waals surface area contributed by atoms with Gasteiger partial charge in [0.2, 0.25) is 5.91 Å². The van der Waals surface area contributed by atoms with E-state index in [4.69, 9.17) is 4.74 Å². The van der Waals surface area contributed by atoms with Crippen LogP contribution in [0.5, 0.6) is 0 Å². The number of carbonyl (C=O) groups is 3. The number of rotatable bonds is 8. The predicted molar refractivity (Wildman–Crippen MR) is 117 cm³/mol. The van der Waals surface area contributed by atoms with E-state index >= 15 is 0 Å². The van der Waals surface area contributed by atoms with Gasteiger partial charge in [0.25, 0.3) is 0 Å². The second-order valence-electron chi connectivity index (χ2n) is 8.22. The zero-order valence-electron chi connectivity index (χ0n) is 17.9. The molecule has 2 amide bonds. The lowest BCUT2D eigenvalue weighted by molar-refractivity contribution is -0.142. The van der Waals surface area contributed by atoms with E-state index in [-0.39, 0.29) is 18.4 Å². The van der Waals surface area contributed by atoms with Gasteiger partial charge in [-0.2, -0.15) is 0 Å². The molecule has 3 N–H and O–H groups in total. The summed E-state index contributed by atoms with van der Waals surface area (Å²) in [5, 5.41) is 14.2. The molecule has 1 aliphatic carbocycles. The molecule has 3 rings (SSSR count). The molecule has 0 spiro atoms. The van der Waals surface area contributed by atoms with Gasteiger partial charge in [0.15, 0.2) is 0 Å². The zero-order chi connectivity index (χ0) is 22.5. The standard InChI is InChI=1S/C24H28N2O5/c1-14(2)12-21(23(28)29)26-22(27)15(3)25-24(30)31-13-20-18-10-6-4-8-16(18)17-9-5-7-11-19(17)20/h4-11,14-15,20-21H,12-13H2,1-3H3,(H,25,30)(H,26,27)(H,28,29)/t15-,21?/m0/s1. The second-order valence-corrected chi connectivity index (χ2v) is 8.22. The van der Waals surface area contributed by atoms with Crippen molar-refractivity contribution in [2.45, 2.75) is 45.2 Å². The highest BCUT2D eigenvalue weighted by molar-refractivity contribution is 5.89. The monoisotopic (exact) mass is 424 g/mol. The van der Waals surface area contributed by atoms with E-state index in [0.717, 1.165) is 22.3 Å². The van der Waals surface area contributed by atoms with E-state index < -0.39 is 30.1 Å². The molecule has 0 fully saturated rings. The zero-order valence-corrected chi connectivity index (χ0v) is 17.9. The Morgan fingerprint density at radius 2 is 1.48 bits per heavy atom. The first-order chi connectivity index (χ1) is 14.8. The molecule has 164 valence electrons. The third-order valence-corrected chi connectivity index (χ3v) is 5.39. The maximum atomic E-state index is 12.3. The molecule has 1 unspecified atom stereocenters. The number of hydrogen-bond acceptors (Lipinski definition) is 4. The van der Waals surface area contributed by atoms with E-state index in [1.165, 1.54) is 6.92 Å². The summed E-state index contributed by atoms with van der Waals surface area (Å²) >= 11 is 0. The van der Waals surface area contributed by atoms with Gasteiger partial charge < -0.3 is 20.5 Å². The van der Waals surface area contributed by atoms with Crippen molar-refractivity contribution in [3.8, 4) is 11.1 Å². The Bertz CT molecular complexity index is 926. The number of carboxylic acids is 1. The lowest BCUT2D eigenvalue weighted by atomic mass is 9.98. The molecular weight excluding hydrogens is 396 g/mol. The summed E-state index contributed by atoms with van der Waals surface area (Å²) in [6.07, 6.45) is -0.418. The third-order valence-electron chi connectivity index (χ3n) is 5.39. The maximum Gasteiger partial charge on any atom is 0.407 e. The molecule has 1 aliphatic rings. The molecule has 2 aromatic rings. The SMILES string of the molecule is CC(C)CC(NC(=O)[C@H](C)NC(=O)OCC1c2ccccc2-c2ccccc21)C(=O)O. The lowest BCUT2D eigenvalue weighted by Gasteiger charge is -2.20. The van der Waals surface area contributed by atoms with Crippen LogP contribution in [0.3, 0.4) is 0 Å². The van der Waals surface area contributed by atoms with Gasteiger partial charge in [-0.3, -0.25) is 4.79 Å². The number of hydrogen-bond donors (Lipinski definition) is 3. The Morgan fingerprint density at radius 1 is 0.935 bits per heavy atom. The van der Waals surface area contributed by atoms with E-state index in [0.29, 0.717) is 6.42 Å². The fourth-order valence-corrected chi connectivity index (χ4v) is 3.87. The van der Waals surface area contributed by atoms with Gasteiger partial charge in [0.1, 0.15) is 18.7 Å². The molecule has 0 heterocycles. The van der Waals surface area contributed by atoms with Gasteiger partial charge in [-0.15, -0.1) is 0 Å². The van der Waals surface area contributed by atoms with Gasteiger partial charge in [-0.05, 0) is 41.5 Å². The average Bonchev–Trinajstić information content (AvgIpc) is 3.05. The van der Waals surface area contributed by atoms with E-state index in [9.17, 15) is 19.5 Å². The van der Waals surface area contributed by atoms with Crippen molar-refractivity contribution in [3.63, 3.8) is 0 Å². The normalized spacial score (nSPS) is 14.3. The van der Waals surface area contributed by atoms with Crippen molar-refractivity contribution < 1.29 is 24.2 Å². The first-order valence-corrected chi connectivity index (χ1v) is 10.4. The van der Waals surface area contributed by atoms with E-state index in [2.05, 4.69) is 22.8 Å². The topological polar surface area (TPSA) is 105 Å². The summed E-state index contributed by atoms with van der Waals surface area (Å²) < 4.78 is 5.43. The van der Waals surface area contributed by atoms with Gasteiger partial charge in [0.05, 0.1) is 0 Å². The van der Waals surface area contributed by atoms with Crippen molar-refractivity contribution in [2.24, 2.45) is 5.92 Å². The fraction of sp³-hybridized carbons (Fsp3) is 0.375. The summed E-state index contributed by atoms with van der Waals surface area (Å²) in [4.78, 5) is 36.0. The van der Waals surface area contributed by atoms with Gasteiger partial charge in [-0.25, -0.2) is 9.59 Å². The number of alkyl carbamates (subject to hydrolysis) is 1. The third kappa shape index (κ3) is 5.23. The Morgan fingerprint density at radius 3 is 2.00 bits per heavy atom.